The summed E-state index contributed by atoms with van der Waals surface area (Å²) in [5.74, 6) is 0.0611. The third-order valence-electron chi connectivity index (χ3n) is 2.32. The Morgan fingerprint density at radius 3 is 2.00 bits per heavy atom. The van der Waals surface area contributed by atoms with Crippen LogP contribution < -0.4 is 5.32 Å². The van der Waals surface area contributed by atoms with E-state index < -0.39 is 11.7 Å². The van der Waals surface area contributed by atoms with Gasteiger partial charge in [-0.1, -0.05) is 36.7 Å². The lowest BCUT2D eigenvalue weighted by Crippen LogP contribution is -2.47. The number of ether oxygens (including phenoxy) is 1. The summed E-state index contributed by atoms with van der Waals surface area (Å²) < 4.78 is 5.21. The standard InChI is InChI=1S/C13H24BrNO3/c1-12(2,3)10(7-9(16)8-14)15-11(17)18-13(4,5)6/h10H,7-8H2,1-6H3,(H,15,17). The van der Waals surface area contributed by atoms with Crippen LogP contribution in [0.1, 0.15) is 48.0 Å². The second kappa shape index (κ2) is 6.55. The van der Waals surface area contributed by atoms with E-state index in [1.807, 2.05) is 41.5 Å². The number of carbonyl (C=O) groups excluding carboxylic acids is 2. The first-order chi connectivity index (χ1) is 7.95. The fourth-order valence-electron chi connectivity index (χ4n) is 1.31. The van der Waals surface area contributed by atoms with Crippen LogP contribution in [0.3, 0.4) is 0 Å². The molecule has 0 aliphatic heterocycles. The predicted molar refractivity (Wildman–Crippen MR) is 76.0 cm³/mol. The van der Waals surface area contributed by atoms with E-state index in [4.69, 9.17) is 4.74 Å². The van der Waals surface area contributed by atoms with Crippen LogP contribution in [0.2, 0.25) is 0 Å². The summed E-state index contributed by atoms with van der Waals surface area (Å²) in [4.78, 5) is 23.2. The van der Waals surface area contributed by atoms with Crippen molar-refractivity contribution in [3.8, 4) is 0 Å². The smallest absolute Gasteiger partial charge is 0.407 e. The summed E-state index contributed by atoms with van der Waals surface area (Å²) in [6, 6.07) is -0.239. The molecule has 18 heavy (non-hydrogen) atoms. The Hall–Kier alpha value is -0.580. The van der Waals surface area contributed by atoms with Crippen LogP contribution in [-0.2, 0) is 9.53 Å². The zero-order valence-electron chi connectivity index (χ0n) is 12.1. The van der Waals surface area contributed by atoms with Crippen LogP contribution in [0.15, 0.2) is 0 Å². The lowest BCUT2D eigenvalue weighted by Gasteiger charge is -2.32. The van der Waals surface area contributed by atoms with Crippen molar-refractivity contribution in [2.75, 3.05) is 5.33 Å². The monoisotopic (exact) mass is 321 g/mol. The largest absolute Gasteiger partial charge is 0.444 e. The first kappa shape index (κ1) is 17.4. The molecule has 0 saturated heterocycles. The van der Waals surface area contributed by atoms with Crippen molar-refractivity contribution in [3.05, 3.63) is 0 Å². The van der Waals surface area contributed by atoms with Crippen LogP contribution in [0.25, 0.3) is 0 Å². The molecule has 0 radical (unpaired) electrons. The van der Waals surface area contributed by atoms with Gasteiger partial charge < -0.3 is 10.1 Å². The van der Waals surface area contributed by atoms with E-state index in [-0.39, 0.29) is 17.2 Å². The Morgan fingerprint density at radius 1 is 1.17 bits per heavy atom. The van der Waals surface area contributed by atoms with Crippen molar-refractivity contribution in [2.45, 2.75) is 59.6 Å². The molecule has 0 aromatic heterocycles. The minimum atomic E-state index is -0.536. The zero-order valence-corrected chi connectivity index (χ0v) is 13.7. The maximum Gasteiger partial charge on any atom is 0.407 e. The van der Waals surface area contributed by atoms with Gasteiger partial charge in [-0.15, -0.1) is 0 Å². The average Bonchev–Trinajstić information content (AvgIpc) is 2.11. The molecular formula is C13H24BrNO3. The number of alkyl carbamates (subject to hydrolysis) is 1. The van der Waals surface area contributed by atoms with Gasteiger partial charge in [-0.2, -0.15) is 0 Å². The van der Waals surface area contributed by atoms with Gasteiger partial charge in [-0.3, -0.25) is 4.79 Å². The third kappa shape index (κ3) is 7.69. The average molecular weight is 322 g/mol. The number of hydrogen-bond donors (Lipinski definition) is 1. The highest BCUT2D eigenvalue weighted by Crippen LogP contribution is 2.23. The Morgan fingerprint density at radius 2 is 1.67 bits per heavy atom. The minimum absolute atomic E-state index is 0.0611. The molecule has 1 amide bonds. The van der Waals surface area contributed by atoms with Crippen molar-refractivity contribution in [1.29, 1.82) is 0 Å². The molecule has 106 valence electrons. The highest BCUT2D eigenvalue weighted by Gasteiger charge is 2.29. The maximum atomic E-state index is 11.7. The van der Waals surface area contributed by atoms with Gasteiger partial charge in [0.05, 0.1) is 5.33 Å². The second-order valence-corrected chi connectivity index (χ2v) is 7.00. The van der Waals surface area contributed by atoms with Gasteiger partial charge in [0, 0.05) is 12.5 Å². The lowest BCUT2D eigenvalue weighted by atomic mass is 9.84. The van der Waals surface area contributed by atoms with Gasteiger partial charge >= 0.3 is 6.09 Å². The van der Waals surface area contributed by atoms with Crippen LogP contribution >= 0.6 is 15.9 Å². The van der Waals surface area contributed by atoms with Crippen LogP contribution in [0.5, 0.6) is 0 Å². The van der Waals surface area contributed by atoms with E-state index in [0.717, 1.165) is 0 Å². The third-order valence-corrected chi connectivity index (χ3v) is 2.94. The van der Waals surface area contributed by atoms with Crippen molar-refractivity contribution in [3.63, 3.8) is 0 Å². The second-order valence-electron chi connectivity index (χ2n) is 6.44. The number of amides is 1. The topological polar surface area (TPSA) is 55.4 Å². The molecule has 5 heteroatoms. The van der Waals surface area contributed by atoms with Crippen molar-refractivity contribution >= 4 is 27.8 Å². The lowest BCUT2D eigenvalue weighted by molar-refractivity contribution is -0.117. The van der Waals surface area contributed by atoms with Gasteiger partial charge in [-0.25, -0.2) is 4.79 Å². The number of rotatable bonds is 4. The molecule has 0 heterocycles. The normalized spacial score (nSPS) is 13.9. The van der Waals surface area contributed by atoms with Crippen molar-refractivity contribution in [1.82, 2.24) is 5.32 Å². The summed E-state index contributed by atoms with van der Waals surface area (Å²) in [7, 11) is 0. The molecule has 0 spiro atoms. The van der Waals surface area contributed by atoms with Gasteiger partial charge in [0.25, 0.3) is 0 Å². The fraction of sp³-hybridized carbons (Fsp3) is 0.846. The van der Waals surface area contributed by atoms with E-state index in [2.05, 4.69) is 21.2 Å². The SMILES string of the molecule is CC(C)(C)OC(=O)NC(CC(=O)CBr)C(C)(C)C. The highest BCUT2D eigenvalue weighted by atomic mass is 79.9. The van der Waals surface area contributed by atoms with Gasteiger partial charge in [0.1, 0.15) is 11.4 Å². The number of ketones is 1. The molecule has 1 unspecified atom stereocenters. The van der Waals surface area contributed by atoms with Crippen molar-refractivity contribution < 1.29 is 14.3 Å². The molecule has 0 rings (SSSR count). The van der Waals surface area contributed by atoms with E-state index in [9.17, 15) is 9.59 Å². The molecule has 0 aromatic rings. The molecule has 0 bridgehead atoms. The van der Waals surface area contributed by atoms with Crippen LogP contribution in [-0.4, -0.2) is 28.8 Å². The summed E-state index contributed by atoms with van der Waals surface area (Å²) in [6.07, 6.45) is -0.182. The van der Waals surface area contributed by atoms with E-state index in [1.165, 1.54) is 0 Å². The van der Waals surface area contributed by atoms with Gasteiger partial charge in [0.15, 0.2) is 0 Å². The number of carbonyl (C=O) groups is 2. The zero-order chi connectivity index (χ0) is 14.6. The summed E-state index contributed by atoms with van der Waals surface area (Å²) in [5, 5.41) is 3.08. The first-order valence-corrected chi connectivity index (χ1v) is 7.15. The molecule has 0 fully saturated rings. The Labute approximate surface area is 118 Å². The summed E-state index contributed by atoms with van der Waals surface area (Å²) in [6.45, 7) is 11.4. The molecular weight excluding hydrogens is 298 g/mol. The minimum Gasteiger partial charge on any atom is -0.444 e. The quantitative estimate of drug-likeness (QED) is 0.808. The van der Waals surface area contributed by atoms with Crippen LogP contribution in [0.4, 0.5) is 4.79 Å². The molecule has 0 aromatic carbocycles. The Kier molecular flexibility index (Phi) is 6.34. The van der Waals surface area contributed by atoms with Gasteiger partial charge in [-0.05, 0) is 26.2 Å². The van der Waals surface area contributed by atoms with E-state index >= 15 is 0 Å². The molecule has 1 N–H and O–H groups in total. The number of nitrogens with one attached hydrogen (secondary N) is 1. The Balaban J connectivity index is 4.61. The number of halogens is 1. The van der Waals surface area contributed by atoms with E-state index in [1.54, 1.807) is 0 Å². The predicted octanol–water partition coefficient (Wildman–Crippen LogP) is 3.28. The maximum absolute atomic E-state index is 11.7. The molecule has 4 nitrogen and oxygen atoms in total. The number of alkyl halides is 1. The highest BCUT2D eigenvalue weighted by molar-refractivity contribution is 9.09. The van der Waals surface area contributed by atoms with E-state index in [0.29, 0.717) is 11.8 Å². The molecule has 0 saturated carbocycles. The molecule has 1 atom stereocenters. The fourth-order valence-corrected chi connectivity index (χ4v) is 1.53. The first-order valence-electron chi connectivity index (χ1n) is 6.03. The Bertz CT molecular complexity index is 302. The molecule has 0 aliphatic carbocycles. The summed E-state index contributed by atoms with van der Waals surface area (Å²) >= 11 is 3.13. The van der Waals surface area contributed by atoms with Crippen molar-refractivity contribution in [2.24, 2.45) is 5.41 Å². The van der Waals surface area contributed by atoms with Gasteiger partial charge in [0.2, 0.25) is 0 Å². The van der Waals surface area contributed by atoms with Crippen LogP contribution in [0, 0.1) is 5.41 Å². The molecule has 0 aliphatic rings. The number of hydrogen-bond acceptors (Lipinski definition) is 3. The number of Topliss-reactive ketones (excluding diaryl/α,β-unsaturated/α-hetero) is 1. The summed E-state index contributed by atoms with van der Waals surface area (Å²) in [5.41, 5.74) is -0.735.